The fourth-order valence-electron chi connectivity index (χ4n) is 3.69. The van der Waals surface area contributed by atoms with Crippen molar-refractivity contribution in [2.45, 2.75) is 45.7 Å². The molecule has 5 heteroatoms. The van der Waals surface area contributed by atoms with Crippen LogP contribution in [0.15, 0.2) is 47.1 Å². The third-order valence-corrected chi connectivity index (χ3v) is 5.22. The summed E-state index contributed by atoms with van der Waals surface area (Å²) < 4.78 is 5.30. The molecule has 1 aliphatic heterocycles. The second-order valence-corrected chi connectivity index (χ2v) is 7.13. The number of carbonyl (C=O) groups is 1. The van der Waals surface area contributed by atoms with E-state index in [1.165, 1.54) is 5.56 Å². The number of amides is 1. The van der Waals surface area contributed by atoms with Gasteiger partial charge in [0.1, 0.15) is 5.76 Å². The summed E-state index contributed by atoms with van der Waals surface area (Å²) in [5.41, 5.74) is 2.09. The number of benzene rings is 1. The number of halogens is 1. The molecule has 4 nitrogen and oxygen atoms in total. The second-order valence-electron chi connectivity index (χ2n) is 7.13. The fraction of sp³-hybridized carbons (Fsp3) is 0.476. The molecule has 3 rings (SSSR count). The van der Waals surface area contributed by atoms with Gasteiger partial charge in [0.2, 0.25) is 0 Å². The van der Waals surface area contributed by atoms with Crippen molar-refractivity contribution < 1.29 is 9.21 Å². The highest BCUT2D eigenvalue weighted by Crippen LogP contribution is 2.20. The van der Waals surface area contributed by atoms with E-state index in [1.54, 1.807) is 12.3 Å². The molecule has 0 spiro atoms. The average Bonchev–Trinajstić information content (AvgIpc) is 3.04. The summed E-state index contributed by atoms with van der Waals surface area (Å²) in [5, 5.41) is 0. The molecule has 1 fully saturated rings. The third kappa shape index (κ3) is 4.68. The highest BCUT2D eigenvalue weighted by atomic mass is 35.5. The van der Waals surface area contributed by atoms with Crippen LogP contribution in [0.4, 0.5) is 0 Å². The maximum absolute atomic E-state index is 12.8. The molecule has 1 saturated heterocycles. The smallest absolute Gasteiger partial charge is 0.257 e. The lowest BCUT2D eigenvalue weighted by Gasteiger charge is -2.44. The van der Waals surface area contributed by atoms with Crippen molar-refractivity contribution in [3.63, 3.8) is 0 Å². The van der Waals surface area contributed by atoms with E-state index in [0.29, 0.717) is 17.4 Å². The van der Waals surface area contributed by atoms with Gasteiger partial charge in [-0.3, -0.25) is 9.69 Å². The third-order valence-electron chi connectivity index (χ3n) is 5.22. The minimum atomic E-state index is 0. The standard InChI is InChI=1S/C21H28N2O2.ClH/c1-16-15-23(21(24)20-11-13-25-18(20)3)17(2)14-22(16)12-7-10-19-8-5-4-6-9-19;/h4-6,8-9,11,13,16-17H,7,10,12,14-15H2,1-3H3;1H. The van der Waals surface area contributed by atoms with Crippen LogP contribution in [0.3, 0.4) is 0 Å². The number of hydrogen-bond acceptors (Lipinski definition) is 3. The molecule has 0 bridgehead atoms. The van der Waals surface area contributed by atoms with Crippen LogP contribution in [0.2, 0.25) is 0 Å². The second kappa shape index (κ2) is 9.24. The van der Waals surface area contributed by atoms with Crippen molar-refractivity contribution in [3.8, 4) is 0 Å². The van der Waals surface area contributed by atoms with Crippen molar-refractivity contribution in [2.75, 3.05) is 19.6 Å². The molecule has 2 unspecified atom stereocenters. The number of furan rings is 1. The molecule has 2 atom stereocenters. The summed E-state index contributed by atoms with van der Waals surface area (Å²) in [6.45, 7) is 8.99. The van der Waals surface area contributed by atoms with Crippen LogP contribution in [0.25, 0.3) is 0 Å². The number of nitrogens with zero attached hydrogens (tertiary/aromatic N) is 2. The van der Waals surface area contributed by atoms with E-state index in [9.17, 15) is 4.79 Å². The lowest BCUT2D eigenvalue weighted by molar-refractivity contribution is 0.0313. The van der Waals surface area contributed by atoms with E-state index in [2.05, 4.69) is 49.1 Å². The van der Waals surface area contributed by atoms with E-state index < -0.39 is 0 Å². The minimum Gasteiger partial charge on any atom is -0.469 e. The van der Waals surface area contributed by atoms with Crippen molar-refractivity contribution >= 4 is 18.3 Å². The monoisotopic (exact) mass is 376 g/mol. The molecular weight excluding hydrogens is 348 g/mol. The first-order chi connectivity index (χ1) is 12.1. The van der Waals surface area contributed by atoms with Crippen LogP contribution in [-0.2, 0) is 6.42 Å². The van der Waals surface area contributed by atoms with Gasteiger partial charge in [0.25, 0.3) is 5.91 Å². The van der Waals surface area contributed by atoms with Crippen molar-refractivity contribution in [1.29, 1.82) is 0 Å². The van der Waals surface area contributed by atoms with E-state index in [4.69, 9.17) is 4.42 Å². The topological polar surface area (TPSA) is 36.7 Å². The first-order valence-corrected chi connectivity index (χ1v) is 9.19. The molecule has 1 aromatic heterocycles. The molecule has 1 aromatic carbocycles. The van der Waals surface area contributed by atoms with Crippen molar-refractivity contribution in [2.24, 2.45) is 0 Å². The first kappa shape index (κ1) is 20.5. The zero-order chi connectivity index (χ0) is 17.8. The van der Waals surface area contributed by atoms with Gasteiger partial charge < -0.3 is 9.32 Å². The lowest BCUT2D eigenvalue weighted by Crippen LogP contribution is -2.58. The fourth-order valence-corrected chi connectivity index (χ4v) is 3.69. The molecule has 2 heterocycles. The Bertz CT molecular complexity index is 701. The summed E-state index contributed by atoms with van der Waals surface area (Å²) in [6.07, 6.45) is 3.85. The minimum absolute atomic E-state index is 0. The Morgan fingerprint density at radius 2 is 1.85 bits per heavy atom. The van der Waals surface area contributed by atoms with Gasteiger partial charge in [-0.1, -0.05) is 30.3 Å². The summed E-state index contributed by atoms with van der Waals surface area (Å²) >= 11 is 0. The number of carbonyl (C=O) groups excluding carboxylic acids is 1. The zero-order valence-corrected chi connectivity index (χ0v) is 16.7. The predicted octanol–water partition coefficient (Wildman–Crippen LogP) is 4.18. The Hall–Kier alpha value is -1.78. The lowest BCUT2D eigenvalue weighted by atomic mass is 10.0. The van der Waals surface area contributed by atoms with Gasteiger partial charge in [-0.25, -0.2) is 0 Å². The van der Waals surface area contributed by atoms with E-state index in [0.717, 1.165) is 32.5 Å². The normalized spacial score (nSPS) is 20.7. The van der Waals surface area contributed by atoms with Gasteiger partial charge in [0, 0.05) is 25.2 Å². The Balaban J connectivity index is 0.00000243. The maximum Gasteiger partial charge on any atom is 0.257 e. The first-order valence-electron chi connectivity index (χ1n) is 9.19. The van der Waals surface area contributed by atoms with Crippen LogP contribution in [-0.4, -0.2) is 47.4 Å². The molecule has 0 saturated carbocycles. The van der Waals surface area contributed by atoms with Crippen molar-refractivity contribution in [3.05, 3.63) is 59.5 Å². The molecule has 0 aliphatic carbocycles. The molecule has 1 aliphatic rings. The Labute approximate surface area is 162 Å². The van der Waals surface area contributed by atoms with Gasteiger partial charge in [0.05, 0.1) is 11.8 Å². The van der Waals surface area contributed by atoms with Crippen molar-refractivity contribution in [1.82, 2.24) is 9.80 Å². The molecule has 1 amide bonds. The summed E-state index contributed by atoms with van der Waals surface area (Å²) in [6, 6.07) is 13.0. The SMILES string of the molecule is Cc1occc1C(=O)N1CC(C)N(CCCc2ccccc2)CC1C.Cl. The number of piperazine rings is 1. The van der Waals surface area contributed by atoms with Crippen LogP contribution < -0.4 is 0 Å². The van der Waals surface area contributed by atoms with E-state index >= 15 is 0 Å². The van der Waals surface area contributed by atoms with Gasteiger partial charge in [-0.05, 0) is 51.8 Å². The maximum atomic E-state index is 12.8. The molecule has 26 heavy (non-hydrogen) atoms. The number of hydrogen-bond donors (Lipinski definition) is 0. The van der Waals surface area contributed by atoms with Crippen LogP contribution >= 0.6 is 12.4 Å². The van der Waals surface area contributed by atoms with Crippen LogP contribution in [0.1, 0.15) is 41.9 Å². The Morgan fingerprint density at radius 3 is 2.50 bits per heavy atom. The van der Waals surface area contributed by atoms with Crippen LogP contribution in [0, 0.1) is 6.92 Å². The van der Waals surface area contributed by atoms with E-state index in [-0.39, 0.29) is 24.4 Å². The van der Waals surface area contributed by atoms with Gasteiger partial charge in [-0.15, -0.1) is 12.4 Å². The highest BCUT2D eigenvalue weighted by Gasteiger charge is 2.32. The van der Waals surface area contributed by atoms with Gasteiger partial charge >= 0.3 is 0 Å². The zero-order valence-electron chi connectivity index (χ0n) is 15.9. The Kier molecular flexibility index (Phi) is 7.30. The molecule has 2 aromatic rings. The Morgan fingerprint density at radius 1 is 1.12 bits per heavy atom. The largest absolute Gasteiger partial charge is 0.469 e. The van der Waals surface area contributed by atoms with Gasteiger partial charge in [-0.2, -0.15) is 0 Å². The van der Waals surface area contributed by atoms with Gasteiger partial charge in [0.15, 0.2) is 0 Å². The quantitative estimate of drug-likeness (QED) is 0.785. The summed E-state index contributed by atoms with van der Waals surface area (Å²) in [7, 11) is 0. The predicted molar refractivity (Wildman–Crippen MR) is 107 cm³/mol. The molecule has 0 N–H and O–H groups in total. The summed E-state index contributed by atoms with van der Waals surface area (Å²) in [4.78, 5) is 17.3. The molecule has 142 valence electrons. The average molecular weight is 377 g/mol. The number of rotatable bonds is 5. The van der Waals surface area contributed by atoms with E-state index in [1.807, 2.05) is 11.8 Å². The highest BCUT2D eigenvalue weighted by molar-refractivity contribution is 5.95. The van der Waals surface area contributed by atoms with Crippen LogP contribution in [0.5, 0.6) is 0 Å². The molecule has 0 radical (unpaired) electrons. The molecular formula is C21H29ClN2O2. The summed E-state index contributed by atoms with van der Waals surface area (Å²) in [5.74, 6) is 0.796. The number of aryl methyl sites for hydroxylation is 2.